The molecule has 2 atom stereocenters. The molecule has 0 spiro atoms. The van der Waals surface area contributed by atoms with Gasteiger partial charge in [0.05, 0.1) is 12.3 Å². The van der Waals surface area contributed by atoms with Crippen LogP contribution >= 0.6 is 11.8 Å². The quantitative estimate of drug-likeness (QED) is 0.797. The molecule has 0 aromatic carbocycles. The molecular weight excluding hydrogens is 228 g/mol. The normalized spacial score (nSPS) is 28.0. The molecule has 2 fully saturated rings. The lowest BCUT2D eigenvalue weighted by Crippen LogP contribution is -2.41. The third-order valence-electron chi connectivity index (χ3n) is 2.76. The zero-order valence-electron chi connectivity index (χ0n) is 8.38. The summed E-state index contributed by atoms with van der Waals surface area (Å²) < 4.78 is 10.4. The van der Waals surface area contributed by atoms with E-state index in [2.05, 4.69) is 0 Å². The van der Waals surface area contributed by atoms with Crippen LogP contribution in [0, 0.1) is 5.41 Å². The minimum atomic E-state index is -0.287. The van der Waals surface area contributed by atoms with Crippen molar-refractivity contribution in [2.45, 2.75) is 12.1 Å². The third kappa shape index (κ3) is 1.33. The lowest BCUT2D eigenvalue weighted by Gasteiger charge is -2.17. The van der Waals surface area contributed by atoms with Crippen LogP contribution in [0.4, 0.5) is 0 Å². The number of nitrogens with zero attached hydrogens (tertiary/aromatic N) is 1. The maximum Gasteiger partial charge on any atom is 0.297 e. The number of carbonyl (C=O) groups is 1. The van der Waals surface area contributed by atoms with E-state index in [0.29, 0.717) is 0 Å². The van der Waals surface area contributed by atoms with Crippen molar-refractivity contribution in [2.24, 2.45) is 0 Å². The Kier molecular flexibility index (Phi) is 2.17. The van der Waals surface area contributed by atoms with Gasteiger partial charge in [-0.3, -0.25) is 15.1 Å². The zero-order valence-corrected chi connectivity index (χ0v) is 9.20. The summed E-state index contributed by atoms with van der Waals surface area (Å²) in [6.45, 7) is 0. The highest BCUT2D eigenvalue weighted by molar-refractivity contribution is 7.99. The Morgan fingerprint density at radius 1 is 1.56 bits per heavy atom. The Hall–Kier alpha value is -1.43. The van der Waals surface area contributed by atoms with E-state index in [4.69, 9.17) is 14.6 Å². The fourth-order valence-corrected chi connectivity index (χ4v) is 3.25. The highest BCUT2D eigenvalue weighted by Crippen LogP contribution is 2.32. The number of amidine groups is 1. The first-order valence-corrected chi connectivity index (χ1v) is 6.13. The van der Waals surface area contributed by atoms with Gasteiger partial charge in [-0.1, -0.05) is 0 Å². The van der Waals surface area contributed by atoms with Crippen molar-refractivity contribution in [3.05, 3.63) is 24.2 Å². The van der Waals surface area contributed by atoms with Crippen molar-refractivity contribution < 1.29 is 13.9 Å². The smallest absolute Gasteiger partial charge is 0.297 e. The Balaban J connectivity index is 1.89. The SMILES string of the molecule is N=C1O[C@@H]2CSC[C@@H]2N1C(=O)c1ccco1. The van der Waals surface area contributed by atoms with E-state index in [9.17, 15) is 4.79 Å². The molecule has 1 aromatic heterocycles. The molecule has 6 heteroatoms. The molecule has 1 aromatic rings. The fourth-order valence-electron chi connectivity index (χ4n) is 1.99. The Labute approximate surface area is 96.2 Å². The van der Waals surface area contributed by atoms with Crippen LogP contribution in [0.25, 0.3) is 0 Å². The van der Waals surface area contributed by atoms with Gasteiger partial charge in [-0.05, 0) is 12.1 Å². The molecule has 1 N–H and O–H groups in total. The van der Waals surface area contributed by atoms with E-state index in [1.165, 1.54) is 11.2 Å². The molecule has 16 heavy (non-hydrogen) atoms. The van der Waals surface area contributed by atoms with Crippen molar-refractivity contribution >= 4 is 23.7 Å². The van der Waals surface area contributed by atoms with E-state index < -0.39 is 0 Å². The highest BCUT2D eigenvalue weighted by atomic mass is 32.2. The molecule has 5 nitrogen and oxygen atoms in total. The van der Waals surface area contributed by atoms with E-state index in [0.717, 1.165) is 11.5 Å². The van der Waals surface area contributed by atoms with Gasteiger partial charge in [0.25, 0.3) is 11.9 Å². The van der Waals surface area contributed by atoms with Crippen LogP contribution in [-0.2, 0) is 4.74 Å². The number of hydrogen-bond acceptors (Lipinski definition) is 5. The molecule has 2 aliphatic heterocycles. The predicted molar refractivity (Wildman–Crippen MR) is 58.6 cm³/mol. The van der Waals surface area contributed by atoms with Crippen LogP contribution in [-0.4, -0.2) is 40.5 Å². The maximum absolute atomic E-state index is 12.1. The number of amides is 1. The number of furan rings is 1. The van der Waals surface area contributed by atoms with Crippen LogP contribution in [0.5, 0.6) is 0 Å². The summed E-state index contributed by atoms with van der Waals surface area (Å²) in [6.07, 6.45) is 1.42. The summed E-state index contributed by atoms with van der Waals surface area (Å²) in [7, 11) is 0. The minimum Gasteiger partial charge on any atom is -0.459 e. The van der Waals surface area contributed by atoms with Gasteiger partial charge in [-0.15, -0.1) is 0 Å². The summed E-state index contributed by atoms with van der Waals surface area (Å²) in [5, 5.41) is 7.67. The fraction of sp³-hybridized carbons (Fsp3) is 0.400. The highest BCUT2D eigenvalue weighted by Gasteiger charge is 2.46. The second-order valence-corrected chi connectivity index (χ2v) is 4.79. The Morgan fingerprint density at radius 3 is 3.19 bits per heavy atom. The number of nitrogens with one attached hydrogen (secondary N) is 1. The van der Waals surface area contributed by atoms with E-state index >= 15 is 0 Å². The van der Waals surface area contributed by atoms with Crippen molar-refractivity contribution in [2.75, 3.05) is 11.5 Å². The van der Waals surface area contributed by atoms with Gasteiger partial charge in [0.15, 0.2) is 5.76 Å². The second-order valence-electron chi connectivity index (χ2n) is 3.72. The van der Waals surface area contributed by atoms with Gasteiger partial charge in [0.2, 0.25) is 0 Å². The van der Waals surface area contributed by atoms with Crippen molar-refractivity contribution in [3.8, 4) is 0 Å². The molecule has 0 bridgehead atoms. The largest absolute Gasteiger partial charge is 0.459 e. The van der Waals surface area contributed by atoms with E-state index in [-0.39, 0.29) is 29.8 Å². The first-order valence-electron chi connectivity index (χ1n) is 4.97. The lowest BCUT2D eigenvalue weighted by molar-refractivity contribution is 0.0792. The van der Waals surface area contributed by atoms with E-state index in [1.54, 1.807) is 23.9 Å². The average molecular weight is 238 g/mol. The van der Waals surface area contributed by atoms with Gasteiger partial charge in [0.1, 0.15) is 6.10 Å². The monoisotopic (exact) mass is 238 g/mol. The minimum absolute atomic E-state index is 0.0184. The van der Waals surface area contributed by atoms with Crippen LogP contribution < -0.4 is 0 Å². The summed E-state index contributed by atoms with van der Waals surface area (Å²) in [5.41, 5.74) is 0. The molecule has 2 saturated heterocycles. The van der Waals surface area contributed by atoms with Crippen molar-refractivity contribution in [1.82, 2.24) is 4.90 Å². The molecule has 84 valence electrons. The van der Waals surface area contributed by atoms with Crippen molar-refractivity contribution in [1.29, 1.82) is 5.41 Å². The zero-order chi connectivity index (χ0) is 11.1. The second kappa shape index (κ2) is 3.55. The molecule has 0 aliphatic carbocycles. The molecule has 0 unspecified atom stereocenters. The molecular formula is C10H10N2O3S. The summed E-state index contributed by atoms with van der Waals surface area (Å²) >= 11 is 1.74. The lowest BCUT2D eigenvalue weighted by atomic mass is 10.2. The third-order valence-corrected chi connectivity index (χ3v) is 3.91. The van der Waals surface area contributed by atoms with Crippen LogP contribution in [0.2, 0.25) is 0 Å². The number of carbonyl (C=O) groups excluding carboxylic acids is 1. The van der Waals surface area contributed by atoms with Crippen molar-refractivity contribution in [3.63, 3.8) is 0 Å². The molecule has 3 rings (SSSR count). The predicted octanol–water partition coefficient (Wildman–Crippen LogP) is 1.17. The standard InChI is InChI=1S/C10H10N2O3S/c11-10-12(6-4-16-5-8(6)15-10)9(13)7-2-1-3-14-7/h1-3,6,8,11H,4-5H2/t6-,8+/m0/s1. The van der Waals surface area contributed by atoms with Gasteiger partial charge < -0.3 is 9.15 Å². The number of thioether (sulfide) groups is 1. The molecule has 3 heterocycles. The van der Waals surface area contributed by atoms with E-state index in [1.807, 2.05) is 0 Å². The summed E-state index contributed by atoms with van der Waals surface area (Å²) in [5.74, 6) is 1.63. The molecule has 0 saturated carbocycles. The van der Waals surface area contributed by atoms with Gasteiger partial charge in [0, 0.05) is 11.5 Å². The summed E-state index contributed by atoms with van der Waals surface area (Å²) in [6, 6.07) is 3.19. The first-order chi connectivity index (χ1) is 7.77. The Morgan fingerprint density at radius 2 is 2.44 bits per heavy atom. The number of rotatable bonds is 1. The number of hydrogen-bond donors (Lipinski definition) is 1. The van der Waals surface area contributed by atoms with Crippen LogP contribution in [0.1, 0.15) is 10.6 Å². The number of ether oxygens (including phenoxy) is 1. The maximum atomic E-state index is 12.1. The topological polar surface area (TPSA) is 66.5 Å². The average Bonchev–Trinajstić information content (AvgIpc) is 2.89. The Bertz CT molecular complexity index is 431. The van der Waals surface area contributed by atoms with Crippen LogP contribution in [0.15, 0.2) is 22.8 Å². The summed E-state index contributed by atoms with van der Waals surface area (Å²) in [4.78, 5) is 13.5. The van der Waals surface area contributed by atoms with Crippen LogP contribution in [0.3, 0.4) is 0 Å². The van der Waals surface area contributed by atoms with Gasteiger partial charge in [-0.25, -0.2) is 0 Å². The van der Waals surface area contributed by atoms with Gasteiger partial charge in [-0.2, -0.15) is 11.8 Å². The number of fused-ring (bicyclic) bond motifs is 1. The molecule has 2 aliphatic rings. The van der Waals surface area contributed by atoms with Gasteiger partial charge >= 0.3 is 0 Å². The molecule has 0 radical (unpaired) electrons. The molecule has 1 amide bonds. The first kappa shape index (κ1) is 9.77.